The van der Waals surface area contributed by atoms with Crippen molar-refractivity contribution in [2.24, 2.45) is 0 Å². The van der Waals surface area contributed by atoms with E-state index in [9.17, 15) is 23.1 Å². The van der Waals surface area contributed by atoms with E-state index in [-0.39, 0.29) is 29.7 Å². The first-order valence-electron chi connectivity index (χ1n) is 11.6. The van der Waals surface area contributed by atoms with E-state index in [0.29, 0.717) is 30.2 Å². The third kappa shape index (κ3) is 4.85. The maximum Gasteiger partial charge on any atom is 0.573 e. The van der Waals surface area contributed by atoms with Gasteiger partial charge in [0.25, 0.3) is 0 Å². The van der Waals surface area contributed by atoms with Gasteiger partial charge >= 0.3 is 6.36 Å². The number of carbonyl (C=O) groups is 1. The van der Waals surface area contributed by atoms with Crippen molar-refractivity contribution in [3.8, 4) is 23.0 Å². The fraction of sp³-hybridized carbons (Fsp3) is 0.280. The average Bonchev–Trinajstić information content (AvgIpc) is 3.34. The van der Waals surface area contributed by atoms with E-state index < -0.39 is 18.5 Å². The van der Waals surface area contributed by atoms with Gasteiger partial charge in [0, 0.05) is 41.4 Å². The lowest BCUT2D eigenvalue weighted by Gasteiger charge is -2.19. The van der Waals surface area contributed by atoms with E-state index in [0.717, 1.165) is 22.9 Å². The molecule has 1 aromatic heterocycles. The summed E-state index contributed by atoms with van der Waals surface area (Å²) < 4.78 is 53.4. The Morgan fingerprint density at radius 1 is 1.14 bits per heavy atom. The zero-order valence-electron chi connectivity index (χ0n) is 19.1. The van der Waals surface area contributed by atoms with Crippen molar-refractivity contribution >= 4 is 17.4 Å². The van der Waals surface area contributed by atoms with Gasteiger partial charge in [-0.15, -0.1) is 13.2 Å². The number of amides is 1. The quantitative estimate of drug-likeness (QED) is 0.352. The van der Waals surface area contributed by atoms with E-state index in [1.807, 2.05) is 12.1 Å². The predicted molar refractivity (Wildman–Crippen MR) is 125 cm³/mol. The van der Waals surface area contributed by atoms with Crippen LogP contribution in [0.5, 0.6) is 23.0 Å². The molecular formula is C25H21F3N4O5. The highest BCUT2D eigenvalue weighted by Gasteiger charge is 2.59. The fourth-order valence-corrected chi connectivity index (χ4v) is 4.75. The van der Waals surface area contributed by atoms with Gasteiger partial charge in [0.05, 0.1) is 6.04 Å². The number of alkyl halides is 3. The van der Waals surface area contributed by atoms with Gasteiger partial charge in [0.15, 0.2) is 6.35 Å². The number of hydrogen-bond acceptors (Lipinski definition) is 8. The molecule has 0 bridgehead atoms. The second-order valence-electron chi connectivity index (χ2n) is 8.91. The number of aliphatic hydroxyl groups excluding tert-OH is 1. The first-order valence-corrected chi connectivity index (χ1v) is 11.6. The van der Waals surface area contributed by atoms with Crippen LogP contribution in [-0.2, 0) is 11.2 Å². The molecule has 2 aromatic carbocycles. The van der Waals surface area contributed by atoms with Crippen molar-refractivity contribution in [3.05, 3.63) is 65.9 Å². The summed E-state index contributed by atoms with van der Waals surface area (Å²) in [7, 11) is 0. The SMILES string of the molecule is O=C1CCc2c(Oc3ccc4c(c3)[C@H]3[C@H](NC(O)Nc5cccc(OC(F)(F)F)c5)[C@H]3O4)ccnc2N1. The van der Waals surface area contributed by atoms with Crippen molar-refractivity contribution in [1.82, 2.24) is 10.3 Å². The number of fused-ring (bicyclic) bond motifs is 4. The van der Waals surface area contributed by atoms with Crippen molar-refractivity contribution in [2.45, 2.75) is 43.6 Å². The van der Waals surface area contributed by atoms with Crippen LogP contribution >= 0.6 is 0 Å². The average molecular weight is 514 g/mol. The zero-order chi connectivity index (χ0) is 25.7. The summed E-state index contributed by atoms with van der Waals surface area (Å²) in [5.74, 6) is 1.94. The number of nitrogens with zero attached hydrogens (tertiary/aromatic N) is 1. The van der Waals surface area contributed by atoms with Gasteiger partial charge < -0.3 is 30.0 Å². The lowest BCUT2D eigenvalue weighted by atomic mass is 10.1. The molecule has 192 valence electrons. The first kappa shape index (κ1) is 23.4. The Morgan fingerprint density at radius 2 is 2.00 bits per heavy atom. The van der Waals surface area contributed by atoms with Gasteiger partial charge in [-0.1, -0.05) is 6.07 Å². The van der Waals surface area contributed by atoms with E-state index >= 15 is 0 Å². The Kier molecular flexibility index (Phi) is 5.57. The molecule has 37 heavy (non-hydrogen) atoms. The zero-order valence-corrected chi connectivity index (χ0v) is 19.1. The second kappa shape index (κ2) is 8.82. The molecule has 4 atom stereocenters. The first-order chi connectivity index (χ1) is 17.7. The van der Waals surface area contributed by atoms with E-state index in [2.05, 4.69) is 25.7 Å². The molecule has 3 aromatic rings. The van der Waals surface area contributed by atoms with Gasteiger partial charge in [0.1, 0.15) is 34.9 Å². The number of pyridine rings is 1. The van der Waals surface area contributed by atoms with Crippen LogP contribution in [0.25, 0.3) is 0 Å². The van der Waals surface area contributed by atoms with Crippen LogP contribution in [0.3, 0.4) is 0 Å². The Morgan fingerprint density at radius 3 is 2.84 bits per heavy atom. The normalized spacial score (nSPS) is 22.1. The number of halogens is 3. The van der Waals surface area contributed by atoms with Crippen LogP contribution < -0.4 is 30.2 Å². The molecular weight excluding hydrogens is 493 g/mol. The van der Waals surface area contributed by atoms with Gasteiger partial charge in [-0.3, -0.25) is 10.1 Å². The number of rotatable bonds is 7. The largest absolute Gasteiger partial charge is 0.573 e. The van der Waals surface area contributed by atoms with Crippen LogP contribution in [0.4, 0.5) is 24.7 Å². The smallest absolute Gasteiger partial charge is 0.488 e. The Labute approximate surface area is 208 Å². The molecule has 3 heterocycles. The summed E-state index contributed by atoms with van der Waals surface area (Å²) in [5, 5.41) is 18.9. The van der Waals surface area contributed by atoms with Gasteiger partial charge in [-0.05, 0) is 42.8 Å². The highest BCUT2D eigenvalue weighted by atomic mass is 19.4. The van der Waals surface area contributed by atoms with Gasteiger partial charge in [-0.25, -0.2) is 4.98 Å². The monoisotopic (exact) mass is 514 g/mol. The number of anilines is 2. The van der Waals surface area contributed by atoms with Crippen LogP contribution in [0.1, 0.15) is 23.5 Å². The van der Waals surface area contributed by atoms with Crippen LogP contribution in [0, 0.1) is 0 Å². The summed E-state index contributed by atoms with van der Waals surface area (Å²) in [5.41, 5.74) is 2.01. The van der Waals surface area contributed by atoms with Crippen LogP contribution in [0.2, 0.25) is 0 Å². The molecule has 1 aliphatic carbocycles. The Bertz CT molecular complexity index is 1370. The summed E-state index contributed by atoms with van der Waals surface area (Å²) in [6.45, 7) is 0. The fourth-order valence-electron chi connectivity index (χ4n) is 4.75. The van der Waals surface area contributed by atoms with E-state index in [1.54, 1.807) is 18.3 Å². The van der Waals surface area contributed by atoms with Crippen molar-refractivity contribution in [3.63, 3.8) is 0 Å². The lowest BCUT2D eigenvalue weighted by molar-refractivity contribution is -0.274. The van der Waals surface area contributed by atoms with Crippen molar-refractivity contribution in [2.75, 3.05) is 10.6 Å². The third-order valence-corrected chi connectivity index (χ3v) is 6.38. The molecule has 9 nitrogen and oxygen atoms in total. The number of carbonyl (C=O) groups excluding carboxylic acids is 1. The minimum absolute atomic E-state index is 0.0273. The summed E-state index contributed by atoms with van der Waals surface area (Å²) in [6, 6.07) is 12.3. The molecule has 6 rings (SSSR count). The lowest BCUT2D eigenvalue weighted by Crippen LogP contribution is -2.39. The molecule has 2 aliphatic heterocycles. The molecule has 0 radical (unpaired) electrons. The second-order valence-corrected chi connectivity index (χ2v) is 8.91. The Hall–Kier alpha value is -4.03. The summed E-state index contributed by atoms with van der Waals surface area (Å²) in [4.78, 5) is 15.9. The molecule has 3 aliphatic rings. The minimum atomic E-state index is -4.80. The maximum atomic E-state index is 12.5. The molecule has 1 amide bonds. The molecule has 4 N–H and O–H groups in total. The summed E-state index contributed by atoms with van der Waals surface area (Å²) in [6.07, 6.45) is -3.76. The van der Waals surface area contributed by atoms with E-state index in [4.69, 9.17) is 9.47 Å². The maximum absolute atomic E-state index is 12.5. The van der Waals surface area contributed by atoms with Crippen LogP contribution in [0.15, 0.2) is 54.7 Å². The number of ether oxygens (including phenoxy) is 3. The Balaban J connectivity index is 1.10. The standard InChI is InChI=1S/C25H21F3N4O5/c26-25(27,28)37-14-3-1-2-12(10-14)30-24(34)32-21-20-16-11-13(4-6-17(16)36-22(20)21)35-18-8-9-29-23-15(18)5-7-19(33)31-23/h1-4,6,8-11,20-22,24,30,32,34H,5,7H2,(H,29,31,33)/t20-,21-,22-,24?/m0/s1. The van der Waals surface area contributed by atoms with Gasteiger partial charge in [0.2, 0.25) is 5.91 Å². The van der Waals surface area contributed by atoms with Crippen molar-refractivity contribution in [1.29, 1.82) is 0 Å². The number of nitrogens with one attached hydrogen (secondary N) is 3. The van der Waals surface area contributed by atoms with Gasteiger partial charge in [-0.2, -0.15) is 0 Å². The molecule has 12 heteroatoms. The predicted octanol–water partition coefficient (Wildman–Crippen LogP) is 3.86. The minimum Gasteiger partial charge on any atom is -0.488 e. The highest BCUT2D eigenvalue weighted by molar-refractivity contribution is 5.93. The molecule has 1 fully saturated rings. The third-order valence-electron chi connectivity index (χ3n) is 6.38. The highest BCUT2D eigenvalue weighted by Crippen LogP contribution is 2.54. The topological polar surface area (TPSA) is 114 Å². The van der Waals surface area contributed by atoms with E-state index in [1.165, 1.54) is 18.2 Å². The number of hydrogen-bond donors (Lipinski definition) is 4. The number of aromatic nitrogens is 1. The number of benzene rings is 2. The van der Waals surface area contributed by atoms with Crippen LogP contribution in [-0.4, -0.2) is 40.9 Å². The number of aliphatic hydroxyl groups is 1. The molecule has 1 saturated carbocycles. The summed E-state index contributed by atoms with van der Waals surface area (Å²) >= 11 is 0. The van der Waals surface area contributed by atoms with Crippen molar-refractivity contribution < 1.29 is 37.3 Å². The molecule has 0 saturated heterocycles. The molecule has 1 unspecified atom stereocenters. The molecule has 0 spiro atoms.